The molecular weight excluding hydrogens is 270 g/mol. The van der Waals surface area contributed by atoms with Crippen LogP contribution in [0.5, 0.6) is 0 Å². The molecule has 0 aromatic carbocycles. The monoisotopic (exact) mass is 286 g/mol. The smallest absolute Gasteiger partial charge is 0.303 e. The fourth-order valence-electron chi connectivity index (χ4n) is 2.36. The van der Waals surface area contributed by atoms with E-state index in [1.165, 1.54) is 6.20 Å². The number of rotatable bonds is 3. The van der Waals surface area contributed by atoms with Crippen molar-refractivity contribution in [2.24, 2.45) is 5.41 Å². The molecule has 1 aromatic heterocycles. The number of alkyl halides is 2. The highest BCUT2D eigenvalue weighted by molar-refractivity contribution is 7.97. The molecule has 1 spiro atoms. The van der Waals surface area contributed by atoms with Gasteiger partial charge in [0.2, 0.25) is 0 Å². The zero-order chi connectivity index (χ0) is 13.7. The van der Waals surface area contributed by atoms with Gasteiger partial charge in [0.05, 0.1) is 10.6 Å². The Bertz CT molecular complexity index is 491. The van der Waals surface area contributed by atoms with E-state index in [-0.39, 0.29) is 0 Å². The Labute approximate surface area is 115 Å². The van der Waals surface area contributed by atoms with E-state index >= 15 is 0 Å². The van der Waals surface area contributed by atoms with Crippen LogP contribution in [0.2, 0.25) is 0 Å². The molecule has 2 fully saturated rings. The lowest BCUT2D eigenvalue weighted by Crippen LogP contribution is -2.69. The van der Waals surface area contributed by atoms with Gasteiger partial charge in [0.25, 0.3) is 0 Å². The van der Waals surface area contributed by atoms with Gasteiger partial charge in [-0.1, -0.05) is 0 Å². The number of nitrogens with one attached hydrogen (secondary N) is 1. The number of aryl methyl sites for hydroxylation is 1. The summed E-state index contributed by atoms with van der Waals surface area (Å²) in [6, 6.07) is 0. The Morgan fingerprint density at radius 2 is 2.11 bits per heavy atom. The standard InChI is InChI=1S/C12H16F2N4S/c1-8-9(3-16-10(17-8)11(2,13)14)19-18-6-12(7-18)4-15-5-12/h3,15H,4-7H2,1-2H3. The van der Waals surface area contributed by atoms with Crippen LogP contribution in [0.3, 0.4) is 0 Å². The first kappa shape index (κ1) is 13.2. The van der Waals surface area contributed by atoms with Crippen LogP contribution in [0, 0.1) is 12.3 Å². The maximum absolute atomic E-state index is 13.1. The maximum Gasteiger partial charge on any atom is 0.303 e. The molecule has 0 bridgehead atoms. The largest absolute Gasteiger partial charge is 0.315 e. The molecule has 19 heavy (non-hydrogen) atoms. The molecule has 0 amide bonds. The first-order valence-corrected chi connectivity index (χ1v) is 7.01. The summed E-state index contributed by atoms with van der Waals surface area (Å²) < 4.78 is 28.5. The summed E-state index contributed by atoms with van der Waals surface area (Å²) in [6.07, 6.45) is 1.50. The van der Waals surface area contributed by atoms with E-state index in [9.17, 15) is 8.78 Å². The van der Waals surface area contributed by atoms with E-state index in [4.69, 9.17) is 0 Å². The Kier molecular flexibility index (Phi) is 3.03. The Balaban J connectivity index is 1.65. The summed E-state index contributed by atoms with van der Waals surface area (Å²) in [4.78, 5) is 8.53. The molecule has 0 saturated carbocycles. The summed E-state index contributed by atoms with van der Waals surface area (Å²) in [6.45, 7) is 6.81. The fraction of sp³-hybridized carbons (Fsp3) is 0.667. The predicted octanol–water partition coefficient (Wildman–Crippen LogP) is 1.81. The lowest BCUT2D eigenvalue weighted by Gasteiger charge is -2.55. The van der Waals surface area contributed by atoms with E-state index in [2.05, 4.69) is 19.6 Å². The highest BCUT2D eigenvalue weighted by Gasteiger charge is 2.48. The summed E-state index contributed by atoms with van der Waals surface area (Å²) in [7, 11) is 0. The van der Waals surface area contributed by atoms with E-state index in [0.717, 1.165) is 38.0 Å². The van der Waals surface area contributed by atoms with Gasteiger partial charge in [-0.3, -0.25) is 0 Å². The first-order valence-electron chi connectivity index (χ1n) is 6.24. The molecule has 0 aliphatic carbocycles. The molecule has 0 unspecified atom stereocenters. The van der Waals surface area contributed by atoms with Crippen LogP contribution >= 0.6 is 11.9 Å². The number of aromatic nitrogens is 2. The van der Waals surface area contributed by atoms with Crippen molar-refractivity contribution in [2.45, 2.75) is 24.7 Å². The lowest BCUT2D eigenvalue weighted by atomic mass is 9.76. The van der Waals surface area contributed by atoms with Crippen LogP contribution in [-0.4, -0.2) is 40.5 Å². The molecule has 3 rings (SSSR count). The van der Waals surface area contributed by atoms with Crippen molar-refractivity contribution < 1.29 is 8.78 Å². The van der Waals surface area contributed by atoms with E-state index in [0.29, 0.717) is 11.1 Å². The average Bonchev–Trinajstić information content (AvgIpc) is 2.20. The summed E-state index contributed by atoms with van der Waals surface area (Å²) in [5, 5.41) is 3.28. The van der Waals surface area contributed by atoms with E-state index in [1.807, 2.05) is 0 Å². The van der Waals surface area contributed by atoms with Crippen molar-refractivity contribution in [2.75, 3.05) is 26.2 Å². The third-order valence-electron chi connectivity index (χ3n) is 3.58. The number of halogens is 2. The molecule has 2 aliphatic heterocycles. The Hall–Kier alpha value is -0.790. The zero-order valence-electron chi connectivity index (χ0n) is 10.9. The van der Waals surface area contributed by atoms with Gasteiger partial charge in [0.1, 0.15) is 0 Å². The molecule has 3 heterocycles. The molecule has 0 radical (unpaired) electrons. The fourth-order valence-corrected chi connectivity index (χ4v) is 3.60. The maximum atomic E-state index is 13.1. The molecule has 2 saturated heterocycles. The molecular formula is C12H16F2N4S. The molecule has 104 valence electrons. The van der Waals surface area contributed by atoms with Gasteiger partial charge < -0.3 is 5.32 Å². The van der Waals surface area contributed by atoms with Crippen molar-refractivity contribution >= 4 is 11.9 Å². The second kappa shape index (κ2) is 4.36. The minimum atomic E-state index is -2.98. The van der Waals surface area contributed by atoms with Crippen molar-refractivity contribution in [3.63, 3.8) is 0 Å². The van der Waals surface area contributed by atoms with Crippen LogP contribution in [-0.2, 0) is 5.92 Å². The Morgan fingerprint density at radius 1 is 1.42 bits per heavy atom. The van der Waals surface area contributed by atoms with Crippen molar-refractivity contribution in [1.82, 2.24) is 19.6 Å². The van der Waals surface area contributed by atoms with E-state index in [1.54, 1.807) is 18.9 Å². The van der Waals surface area contributed by atoms with Crippen LogP contribution in [0.1, 0.15) is 18.4 Å². The average molecular weight is 286 g/mol. The third-order valence-corrected chi connectivity index (χ3v) is 4.69. The highest BCUT2D eigenvalue weighted by Crippen LogP contribution is 2.41. The minimum Gasteiger partial charge on any atom is -0.315 e. The van der Waals surface area contributed by atoms with Gasteiger partial charge >= 0.3 is 5.92 Å². The Morgan fingerprint density at radius 3 is 2.58 bits per heavy atom. The highest BCUT2D eigenvalue weighted by atomic mass is 32.2. The van der Waals surface area contributed by atoms with Gasteiger partial charge in [0, 0.05) is 44.7 Å². The number of hydrogen-bond donors (Lipinski definition) is 1. The number of hydrogen-bond acceptors (Lipinski definition) is 5. The van der Waals surface area contributed by atoms with Crippen LogP contribution < -0.4 is 5.32 Å². The van der Waals surface area contributed by atoms with Gasteiger partial charge in [-0.15, -0.1) is 0 Å². The van der Waals surface area contributed by atoms with Gasteiger partial charge in [-0.2, -0.15) is 8.78 Å². The molecule has 0 atom stereocenters. The SMILES string of the molecule is Cc1nc(C(C)(F)F)ncc1SN1CC2(CNC2)C1. The van der Waals surface area contributed by atoms with Gasteiger partial charge in [0.15, 0.2) is 5.82 Å². The first-order chi connectivity index (χ1) is 8.88. The normalized spacial score (nSPS) is 22.1. The lowest BCUT2D eigenvalue weighted by molar-refractivity contribution is 0.00729. The molecule has 4 nitrogen and oxygen atoms in total. The summed E-state index contributed by atoms with van der Waals surface area (Å²) in [5.74, 6) is -3.38. The van der Waals surface area contributed by atoms with Crippen molar-refractivity contribution in [3.05, 3.63) is 17.7 Å². The topological polar surface area (TPSA) is 41.1 Å². The van der Waals surface area contributed by atoms with Gasteiger partial charge in [-0.25, -0.2) is 14.3 Å². The molecule has 1 aromatic rings. The van der Waals surface area contributed by atoms with Crippen molar-refractivity contribution in [3.8, 4) is 0 Å². The van der Waals surface area contributed by atoms with Gasteiger partial charge in [-0.05, 0) is 18.9 Å². The summed E-state index contributed by atoms with van der Waals surface area (Å²) in [5.41, 5.74) is 1.07. The quantitative estimate of drug-likeness (QED) is 0.858. The number of nitrogens with zero attached hydrogens (tertiary/aromatic N) is 3. The zero-order valence-corrected chi connectivity index (χ0v) is 11.7. The van der Waals surface area contributed by atoms with Crippen LogP contribution in [0.4, 0.5) is 8.78 Å². The second-order valence-electron chi connectivity index (χ2n) is 5.52. The summed E-state index contributed by atoms with van der Waals surface area (Å²) >= 11 is 1.56. The molecule has 1 N–H and O–H groups in total. The molecule has 2 aliphatic rings. The second-order valence-corrected chi connectivity index (χ2v) is 6.66. The minimum absolute atomic E-state index is 0.405. The van der Waals surface area contributed by atoms with Crippen molar-refractivity contribution in [1.29, 1.82) is 0 Å². The third kappa shape index (κ3) is 2.46. The molecule has 7 heteroatoms. The van der Waals surface area contributed by atoms with E-state index < -0.39 is 11.7 Å². The van der Waals surface area contributed by atoms with Crippen LogP contribution in [0.15, 0.2) is 11.1 Å². The van der Waals surface area contributed by atoms with Crippen LogP contribution in [0.25, 0.3) is 0 Å². The predicted molar refractivity (Wildman–Crippen MR) is 69.1 cm³/mol.